The predicted molar refractivity (Wildman–Crippen MR) is 136 cm³/mol. The summed E-state index contributed by atoms with van der Waals surface area (Å²) < 4.78 is 48.6. The Kier molecular flexibility index (Phi) is 8.71. The van der Waals surface area contributed by atoms with Crippen molar-refractivity contribution in [3.05, 3.63) is 23.3 Å². The molecule has 0 bridgehead atoms. The number of carbonyl (C=O) groups excluding carboxylic acids is 3. The molecule has 0 spiro atoms. The summed E-state index contributed by atoms with van der Waals surface area (Å²) in [5, 5.41) is 12.0. The first-order chi connectivity index (χ1) is 18.1. The second-order valence-corrected chi connectivity index (χ2v) is 10.5. The van der Waals surface area contributed by atoms with Crippen molar-refractivity contribution >= 4 is 29.5 Å². The number of nitrogens with one attached hydrogen (secondary N) is 1. The quantitative estimate of drug-likeness (QED) is 0.528. The van der Waals surface area contributed by atoms with Gasteiger partial charge in [0.05, 0.1) is 22.9 Å². The van der Waals surface area contributed by atoms with E-state index in [9.17, 15) is 37.5 Å². The van der Waals surface area contributed by atoms with Crippen LogP contribution in [-0.4, -0.2) is 82.6 Å². The van der Waals surface area contributed by atoms with Gasteiger partial charge in [-0.1, -0.05) is 0 Å². The highest BCUT2D eigenvalue weighted by atomic mass is 19.4. The second kappa shape index (κ2) is 11.3. The van der Waals surface area contributed by atoms with Gasteiger partial charge in [0.1, 0.15) is 5.75 Å². The summed E-state index contributed by atoms with van der Waals surface area (Å²) in [5.41, 5.74) is -3.45. The highest BCUT2D eigenvalue weighted by Gasteiger charge is 2.45. The molecule has 2 heterocycles. The van der Waals surface area contributed by atoms with Crippen LogP contribution in [0.15, 0.2) is 12.1 Å². The van der Waals surface area contributed by atoms with Crippen LogP contribution < -0.4 is 15.0 Å². The van der Waals surface area contributed by atoms with Crippen LogP contribution in [0, 0.1) is 0 Å². The van der Waals surface area contributed by atoms with Crippen molar-refractivity contribution in [3.8, 4) is 5.75 Å². The van der Waals surface area contributed by atoms with Crippen molar-refractivity contribution in [2.24, 2.45) is 0 Å². The van der Waals surface area contributed by atoms with Crippen LogP contribution in [-0.2, 0) is 15.8 Å². The Balaban J connectivity index is 2.12. The monoisotopic (exact) mass is 556 g/mol. The average molecular weight is 557 g/mol. The zero-order chi connectivity index (χ0) is 29.3. The number of benzene rings is 1. The predicted octanol–water partition coefficient (Wildman–Crippen LogP) is 3.73. The van der Waals surface area contributed by atoms with Crippen LogP contribution in [0.2, 0.25) is 0 Å². The maximum absolute atomic E-state index is 14.3. The van der Waals surface area contributed by atoms with E-state index in [0.29, 0.717) is 19.4 Å². The molecular formula is C26H35F3N4O6. The van der Waals surface area contributed by atoms with Gasteiger partial charge in [0.2, 0.25) is 5.91 Å². The second-order valence-electron chi connectivity index (χ2n) is 10.5. The van der Waals surface area contributed by atoms with Gasteiger partial charge < -0.3 is 29.9 Å². The number of likely N-dealkylation sites (tertiary alicyclic amines) is 1. The Hall–Kier alpha value is -3.51. The Morgan fingerprint density at radius 1 is 1.26 bits per heavy atom. The Bertz CT molecular complexity index is 1140. The van der Waals surface area contributed by atoms with E-state index in [1.165, 1.54) is 23.6 Å². The Morgan fingerprint density at radius 2 is 1.92 bits per heavy atom. The number of alkyl halides is 3. The number of amides is 4. The van der Waals surface area contributed by atoms with Crippen LogP contribution in [0.1, 0.15) is 69.8 Å². The number of carbonyl (C=O) groups is 4. The van der Waals surface area contributed by atoms with Crippen molar-refractivity contribution in [2.45, 2.75) is 77.7 Å². The van der Waals surface area contributed by atoms with Gasteiger partial charge >= 0.3 is 12.3 Å². The highest BCUT2D eigenvalue weighted by molar-refractivity contribution is 6.05. The van der Waals surface area contributed by atoms with E-state index >= 15 is 0 Å². The number of fused-ring (bicyclic) bond motifs is 1. The lowest BCUT2D eigenvalue weighted by molar-refractivity contribution is -0.138. The van der Waals surface area contributed by atoms with Crippen LogP contribution >= 0.6 is 0 Å². The summed E-state index contributed by atoms with van der Waals surface area (Å²) in [6.07, 6.45) is -5.32. The lowest BCUT2D eigenvalue weighted by Gasteiger charge is -2.42. The molecule has 10 nitrogen and oxygen atoms in total. The minimum Gasteiger partial charge on any atom is -0.476 e. The molecule has 1 aromatic rings. The standard InChI is InChI=1S/C26H35F3N4O6/c1-6-30-21(34)9-11-32-19-12-17(18(26(27,28)29)13-20(19)39-25(4,5)23(32)36)22(35)33(15(2)3)16-8-7-10-31(14-16)24(37)38/h12-13,15-16H,6-11,14H2,1-5H3,(H,30,34)(H,37,38)/t16-/m1/s1. The summed E-state index contributed by atoms with van der Waals surface area (Å²) >= 11 is 0. The summed E-state index contributed by atoms with van der Waals surface area (Å²) in [6.45, 7) is 8.35. The van der Waals surface area contributed by atoms with Crippen LogP contribution in [0.25, 0.3) is 0 Å². The van der Waals surface area contributed by atoms with Gasteiger partial charge in [-0.05, 0) is 59.6 Å². The Labute approximate surface area is 225 Å². The molecule has 216 valence electrons. The molecule has 0 aliphatic carbocycles. The molecule has 0 saturated carbocycles. The molecule has 2 N–H and O–H groups in total. The lowest BCUT2D eigenvalue weighted by Crippen LogP contribution is -2.54. The molecule has 3 rings (SSSR count). The molecule has 1 saturated heterocycles. The summed E-state index contributed by atoms with van der Waals surface area (Å²) in [7, 11) is 0. The van der Waals surface area contributed by atoms with Gasteiger partial charge in [0.15, 0.2) is 5.60 Å². The smallest absolute Gasteiger partial charge is 0.417 e. The molecule has 1 fully saturated rings. The Morgan fingerprint density at radius 3 is 2.49 bits per heavy atom. The van der Waals surface area contributed by atoms with E-state index in [1.54, 1.807) is 20.8 Å². The van der Waals surface area contributed by atoms with Crippen molar-refractivity contribution < 1.29 is 42.2 Å². The number of carboxylic acid groups (broad SMARTS) is 1. The van der Waals surface area contributed by atoms with Crippen molar-refractivity contribution in [1.82, 2.24) is 15.1 Å². The maximum atomic E-state index is 14.3. The fourth-order valence-electron chi connectivity index (χ4n) is 5.06. The number of rotatable bonds is 7. The lowest BCUT2D eigenvalue weighted by atomic mass is 9.96. The minimum absolute atomic E-state index is 0.0278. The van der Waals surface area contributed by atoms with Gasteiger partial charge in [0, 0.05) is 38.6 Å². The first-order valence-corrected chi connectivity index (χ1v) is 12.9. The van der Waals surface area contributed by atoms with E-state index in [4.69, 9.17) is 4.74 Å². The van der Waals surface area contributed by atoms with Crippen molar-refractivity contribution in [1.29, 1.82) is 0 Å². The third-order valence-electron chi connectivity index (χ3n) is 6.84. The van der Waals surface area contributed by atoms with Gasteiger partial charge in [0.25, 0.3) is 11.8 Å². The molecule has 0 unspecified atom stereocenters. The number of anilines is 1. The number of hydrogen-bond donors (Lipinski definition) is 2. The van der Waals surface area contributed by atoms with E-state index in [1.807, 2.05) is 0 Å². The fraction of sp³-hybridized carbons (Fsp3) is 0.615. The van der Waals surface area contributed by atoms with Gasteiger partial charge in [-0.2, -0.15) is 13.2 Å². The normalized spacial score (nSPS) is 18.9. The van der Waals surface area contributed by atoms with Crippen LogP contribution in [0.4, 0.5) is 23.7 Å². The summed E-state index contributed by atoms with van der Waals surface area (Å²) in [5.74, 6) is -2.07. The van der Waals surface area contributed by atoms with Crippen molar-refractivity contribution in [3.63, 3.8) is 0 Å². The molecule has 4 amide bonds. The molecule has 39 heavy (non-hydrogen) atoms. The van der Waals surface area contributed by atoms with Crippen molar-refractivity contribution in [2.75, 3.05) is 31.1 Å². The molecule has 13 heteroatoms. The molecule has 2 aliphatic heterocycles. The minimum atomic E-state index is -4.93. The van der Waals surface area contributed by atoms with Gasteiger partial charge in [-0.25, -0.2) is 4.79 Å². The molecule has 0 aromatic heterocycles. The molecule has 1 aromatic carbocycles. The molecular weight excluding hydrogens is 521 g/mol. The van der Waals surface area contributed by atoms with E-state index < -0.39 is 52.9 Å². The number of halogens is 3. The zero-order valence-electron chi connectivity index (χ0n) is 22.7. The zero-order valence-corrected chi connectivity index (χ0v) is 22.7. The summed E-state index contributed by atoms with van der Waals surface area (Å²) in [4.78, 5) is 54.3. The van der Waals surface area contributed by atoms with Gasteiger partial charge in [-0.15, -0.1) is 0 Å². The third kappa shape index (κ3) is 6.39. The molecule has 0 radical (unpaired) electrons. The molecule has 1 atom stereocenters. The molecule has 2 aliphatic rings. The van der Waals surface area contributed by atoms with E-state index in [-0.39, 0.29) is 43.4 Å². The topological polar surface area (TPSA) is 119 Å². The fourth-order valence-corrected chi connectivity index (χ4v) is 5.06. The van der Waals surface area contributed by atoms with E-state index in [0.717, 1.165) is 17.0 Å². The number of hydrogen-bond acceptors (Lipinski definition) is 5. The van der Waals surface area contributed by atoms with E-state index in [2.05, 4.69) is 5.32 Å². The maximum Gasteiger partial charge on any atom is 0.417 e. The van der Waals surface area contributed by atoms with Gasteiger partial charge in [-0.3, -0.25) is 14.4 Å². The number of ether oxygens (including phenoxy) is 1. The third-order valence-corrected chi connectivity index (χ3v) is 6.84. The average Bonchev–Trinajstić information content (AvgIpc) is 2.83. The highest BCUT2D eigenvalue weighted by Crippen LogP contribution is 2.44. The van der Waals surface area contributed by atoms with Crippen LogP contribution in [0.3, 0.4) is 0 Å². The first-order valence-electron chi connectivity index (χ1n) is 12.9. The van der Waals surface area contributed by atoms with Crippen LogP contribution in [0.5, 0.6) is 5.75 Å². The first kappa shape index (κ1) is 30.0. The largest absolute Gasteiger partial charge is 0.476 e. The number of piperidine rings is 1. The SMILES string of the molecule is CCNC(=O)CCN1C(=O)C(C)(C)Oc2cc(C(F)(F)F)c(C(=O)N(C(C)C)[C@@H]3CCCN(C(=O)O)C3)cc21. The summed E-state index contributed by atoms with van der Waals surface area (Å²) in [6, 6.07) is 0.543. The number of nitrogens with zero attached hydrogens (tertiary/aromatic N) is 3.